The first-order valence-corrected chi connectivity index (χ1v) is 5.61. The largest absolute Gasteiger partial charge is 0.497 e. The van der Waals surface area contributed by atoms with E-state index in [1.165, 1.54) is 18.9 Å². The highest BCUT2D eigenvalue weighted by Gasteiger charge is 2.08. The van der Waals surface area contributed by atoms with Gasteiger partial charge in [-0.2, -0.15) is 0 Å². The van der Waals surface area contributed by atoms with Gasteiger partial charge in [0.05, 0.1) is 32.0 Å². The zero-order valence-corrected chi connectivity index (χ0v) is 10.3. The molecule has 0 saturated carbocycles. The summed E-state index contributed by atoms with van der Waals surface area (Å²) in [5.74, 6) is 1.43. The number of rotatable bonds is 5. The highest BCUT2D eigenvalue weighted by Crippen LogP contribution is 2.32. The van der Waals surface area contributed by atoms with Gasteiger partial charge in [0.25, 0.3) is 0 Å². The maximum absolute atomic E-state index is 11.0. The van der Waals surface area contributed by atoms with E-state index in [-0.39, 0.29) is 11.7 Å². The lowest BCUT2D eigenvalue weighted by Crippen LogP contribution is -2.03. The van der Waals surface area contributed by atoms with Crippen LogP contribution in [0.25, 0.3) is 0 Å². The van der Waals surface area contributed by atoms with Crippen LogP contribution in [0.2, 0.25) is 0 Å². The SMILES string of the molecule is COC(=O)CSc1cc(OC)ccc1OC. The van der Waals surface area contributed by atoms with E-state index in [0.29, 0.717) is 0 Å². The standard InChI is InChI=1S/C11H14O4S/c1-13-8-4-5-9(14-2)10(6-8)16-7-11(12)15-3/h4-6H,7H2,1-3H3. The first kappa shape index (κ1) is 12.7. The maximum Gasteiger partial charge on any atom is 0.315 e. The molecule has 0 aliphatic carbocycles. The molecule has 0 unspecified atom stereocenters. The van der Waals surface area contributed by atoms with Crippen LogP contribution in [-0.4, -0.2) is 33.1 Å². The van der Waals surface area contributed by atoms with Crippen molar-refractivity contribution in [3.8, 4) is 11.5 Å². The second kappa shape index (κ2) is 6.27. The van der Waals surface area contributed by atoms with Gasteiger partial charge in [-0.05, 0) is 18.2 Å². The molecule has 1 aromatic carbocycles. The molecule has 0 spiro atoms. The van der Waals surface area contributed by atoms with E-state index in [9.17, 15) is 4.79 Å². The van der Waals surface area contributed by atoms with Crippen molar-refractivity contribution in [1.29, 1.82) is 0 Å². The van der Waals surface area contributed by atoms with Crippen LogP contribution in [0.3, 0.4) is 0 Å². The van der Waals surface area contributed by atoms with E-state index in [2.05, 4.69) is 4.74 Å². The van der Waals surface area contributed by atoms with E-state index in [4.69, 9.17) is 9.47 Å². The third-order valence-corrected chi connectivity index (χ3v) is 2.95. The molecule has 0 radical (unpaired) electrons. The molecule has 1 aromatic rings. The van der Waals surface area contributed by atoms with Crippen molar-refractivity contribution in [3.05, 3.63) is 18.2 Å². The summed E-state index contributed by atoms with van der Waals surface area (Å²) in [4.78, 5) is 11.9. The molecule has 0 aliphatic heterocycles. The van der Waals surface area contributed by atoms with Crippen LogP contribution < -0.4 is 9.47 Å². The molecule has 16 heavy (non-hydrogen) atoms. The topological polar surface area (TPSA) is 44.8 Å². The summed E-state index contributed by atoms with van der Waals surface area (Å²) in [5, 5.41) is 0. The fourth-order valence-corrected chi connectivity index (χ4v) is 1.98. The number of ether oxygens (including phenoxy) is 3. The molecular weight excluding hydrogens is 228 g/mol. The molecule has 0 saturated heterocycles. The Morgan fingerprint density at radius 1 is 1.25 bits per heavy atom. The molecule has 0 heterocycles. The third-order valence-electron chi connectivity index (χ3n) is 1.94. The Bertz CT molecular complexity index is 365. The maximum atomic E-state index is 11.0. The minimum absolute atomic E-state index is 0.250. The van der Waals surface area contributed by atoms with E-state index < -0.39 is 0 Å². The summed E-state index contributed by atoms with van der Waals surface area (Å²) in [5.41, 5.74) is 0. The van der Waals surface area contributed by atoms with Crippen LogP contribution in [0.5, 0.6) is 11.5 Å². The summed E-state index contributed by atoms with van der Waals surface area (Å²) in [7, 11) is 4.55. The number of carbonyl (C=O) groups is 1. The van der Waals surface area contributed by atoms with Gasteiger partial charge < -0.3 is 14.2 Å². The Morgan fingerprint density at radius 3 is 2.56 bits per heavy atom. The monoisotopic (exact) mass is 242 g/mol. The molecule has 0 atom stereocenters. The molecule has 88 valence electrons. The quantitative estimate of drug-likeness (QED) is 0.583. The van der Waals surface area contributed by atoms with Crippen molar-refractivity contribution in [2.24, 2.45) is 0 Å². The van der Waals surface area contributed by atoms with Gasteiger partial charge in [0.2, 0.25) is 0 Å². The van der Waals surface area contributed by atoms with Gasteiger partial charge in [-0.3, -0.25) is 4.79 Å². The third kappa shape index (κ3) is 3.34. The normalized spacial score (nSPS) is 9.69. The van der Waals surface area contributed by atoms with Crippen LogP contribution >= 0.6 is 11.8 Å². The smallest absolute Gasteiger partial charge is 0.315 e. The molecule has 0 amide bonds. The molecule has 4 nitrogen and oxygen atoms in total. The van der Waals surface area contributed by atoms with Gasteiger partial charge in [-0.1, -0.05) is 0 Å². The average molecular weight is 242 g/mol. The second-order valence-electron chi connectivity index (χ2n) is 2.88. The first-order valence-electron chi connectivity index (χ1n) is 4.63. The molecule has 0 aliphatic rings. The highest BCUT2D eigenvalue weighted by molar-refractivity contribution is 8.00. The summed E-state index contributed by atoms with van der Waals surface area (Å²) >= 11 is 1.35. The number of carbonyl (C=O) groups excluding carboxylic acids is 1. The number of hydrogen-bond acceptors (Lipinski definition) is 5. The summed E-state index contributed by atoms with van der Waals surface area (Å²) in [6, 6.07) is 5.44. The molecule has 0 N–H and O–H groups in total. The molecule has 0 bridgehead atoms. The minimum Gasteiger partial charge on any atom is -0.497 e. The van der Waals surface area contributed by atoms with Crippen LogP contribution in [0.4, 0.5) is 0 Å². The van der Waals surface area contributed by atoms with Gasteiger partial charge >= 0.3 is 5.97 Å². The van der Waals surface area contributed by atoms with Crippen molar-refractivity contribution in [1.82, 2.24) is 0 Å². The predicted molar refractivity (Wildman–Crippen MR) is 62.3 cm³/mol. The van der Waals surface area contributed by atoms with Gasteiger partial charge in [0.1, 0.15) is 11.5 Å². The Morgan fingerprint density at radius 2 is 2.00 bits per heavy atom. The van der Waals surface area contributed by atoms with Gasteiger partial charge in [-0.15, -0.1) is 11.8 Å². The predicted octanol–water partition coefficient (Wildman–Crippen LogP) is 1.97. The molecule has 1 rings (SSSR count). The number of thioether (sulfide) groups is 1. The molecular formula is C11H14O4S. The first-order chi connectivity index (χ1) is 7.71. The van der Waals surface area contributed by atoms with Crippen LogP contribution in [0.15, 0.2) is 23.1 Å². The fraction of sp³-hybridized carbons (Fsp3) is 0.364. The van der Waals surface area contributed by atoms with Gasteiger partial charge in [-0.25, -0.2) is 0 Å². The lowest BCUT2D eigenvalue weighted by atomic mass is 10.3. The zero-order valence-electron chi connectivity index (χ0n) is 9.48. The number of benzene rings is 1. The van der Waals surface area contributed by atoms with Crippen LogP contribution in [0, 0.1) is 0 Å². The van der Waals surface area contributed by atoms with Crippen LogP contribution in [-0.2, 0) is 9.53 Å². The van der Waals surface area contributed by atoms with Crippen LogP contribution in [0.1, 0.15) is 0 Å². The Balaban J connectivity index is 2.78. The highest BCUT2D eigenvalue weighted by atomic mass is 32.2. The van der Waals surface area contributed by atoms with Crippen molar-refractivity contribution in [3.63, 3.8) is 0 Å². The van der Waals surface area contributed by atoms with E-state index in [1.54, 1.807) is 26.4 Å². The summed E-state index contributed by atoms with van der Waals surface area (Å²) in [6.45, 7) is 0. The number of methoxy groups -OCH3 is 3. The van der Waals surface area contributed by atoms with E-state index in [1.807, 2.05) is 6.07 Å². The molecule has 0 fully saturated rings. The van der Waals surface area contributed by atoms with E-state index in [0.717, 1.165) is 16.4 Å². The van der Waals surface area contributed by atoms with Crippen molar-refractivity contribution in [2.75, 3.05) is 27.1 Å². The Hall–Kier alpha value is -1.36. The number of hydrogen-bond donors (Lipinski definition) is 0. The van der Waals surface area contributed by atoms with Gasteiger partial charge in [0, 0.05) is 0 Å². The van der Waals surface area contributed by atoms with E-state index >= 15 is 0 Å². The molecule has 0 aromatic heterocycles. The zero-order chi connectivity index (χ0) is 12.0. The Labute approximate surface area is 98.9 Å². The van der Waals surface area contributed by atoms with Gasteiger partial charge in [0.15, 0.2) is 0 Å². The minimum atomic E-state index is -0.269. The Kier molecular flexibility index (Phi) is 4.98. The average Bonchev–Trinajstić information content (AvgIpc) is 2.35. The number of esters is 1. The van der Waals surface area contributed by atoms with Crippen molar-refractivity contribution in [2.45, 2.75) is 4.90 Å². The summed E-state index contributed by atoms with van der Waals surface area (Å²) in [6.07, 6.45) is 0. The fourth-order valence-electron chi connectivity index (χ4n) is 1.09. The van der Waals surface area contributed by atoms with Crippen molar-refractivity contribution >= 4 is 17.7 Å². The lowest BCUT2D eigenvalue weighted by Gasteiger charge is -2.09. The molecule has 5 heteroatoms. The summed E-state index contributed by atoms with van der Waals surface area (Å²) < 4.78 is 14.9. The lowest BCUT2D eigenvalue weighted by molar-refractivity contribution is -0.137. The van der Waals surface area contributed by atoms with Crippen molar-refractivity contribution < 1.29 is 19.0 Å². The second-order valence-corrected chi connectivity index (χ2v) is 3.90.